The number of aryl methyl sites for hydroxylation is 1. The Hall–Kier alpha value is -2.07. The molecule has 3 heterocycles. The molecular formula is C18H31N7O3. The molecule has 10 nitrogen and oxygen atoms in total. The highest BCUT2D eigenvalue weighted by Crippen LogP contribution is 2.24. The van der Waals surface area contributed by atoms with Crippen molar-refractivity contribution in [2.24, 2.45) is 5.92 Å². The van der Waals surface area contributed by atoms with Crippen LogP contribution in [0.15, 0.2) is 6.33 Å². The van der Waals surface area contributed by atoms with Gasteiger partial charge in [0.1, 0.15) is 6.33 Å². The van der Waals surface area contributed by atoms with E-state index in [1.807, 2.05) is 4.90 Å². The van der Waals surface area contributed by atoms with Crippen LogP contribution in [-0.4, -0.2) is 94.3 Å². The van der Waals surface area contributed by atoms with E-state index in [4.69, 9.17) is 4.74 Å². The number of tetrazole rings is 1. The number of nitrogens with one attached hydrogen (secondary N) is 1. The van der Waals surface area contributed by atoms with E-state index in [1.165, 1.54) is 6.33 Å². The molecule has 0 radical (unpaired) electrons. The van der Waals surface area contributed by atoms with E-state index >= 15 is 0 Å². The maximum absolute atomic E-state index is 12.4. The van der Waals surface area contributed by atoms with Gasteiger partial charge in [0.2, 0.25) is 11.8 Å². The molecule has 2 amide bonds. The molecule has 10 heteroatoms. The molecule has 2 aliphatic heterocycles. The number of ether oxygens (including phenoxy) is 1. The van der Waals surface area contributed by atoms with Crippen molar-refractivity contribution in [1.29, 1.82) is 0 Å². The lowest BCUT2D eigenvalue weighted by Gasteiger charge is -2.42. The minimum Gasteiger partial charge on any atom is -0.383 e. The lowest BCUT2D eigenvalue weighted by atomic mass is 9.93. The predicted molar refractivity (Wildman–Crippen MR) is 101 cm³/mol. The molecular weight excluding hydrogens is 362 g/mol. The lowest BCUT2D eigenvalue weighted by Crippen LogP contribution is -2.51. The highest BCUT2D eigenvalue weighted by atomic mass is 16.5. The van der Waals surface area contributed by atoms with Gasteiger partial charge in [0, 0.05) is 45.8 Å². The Balaban J connectivity index is 1.40. The molecule has 1 unspecified atom stereocenters. The molecule has 28 heavy (non-hydrogen) atoms. The van der Waals surface area contributed by atoms with Crippen molar-refractivity contribution in [2.75, 3.05) is 46.4 Å². The van der Waals surface area contributed by atoms with Crippen LogP contribution < -0.4 is 5.32 Å². The summed E-state index contributed by atoms with van der Waals surface area (Å²) in [6.07, 6.45) is 5.88. The summed E-state index contributed by atoms with van der Waals surface area (Å²) in [5.74, 6) is 0.349. The molecule has 0 spiro atoms. The van der Waals surface area contributed by atoms with Gasteiger partial charge in [-0.3, -0.25) is 14.5 Å². The second kappa shape index (κ2) is 10.5. The first-order valence-electron chi connectivity index (χ1n) is 10.2. The number of rotatable bonds is 8. The fraction of sp³-hybridized carbons (Fsp3) is 0.833. The van der Waals surface area contributed by atoms with Crippen LogP contribution in [0.2, 0.25) is 0 Å². The fourth-order valence-electron chi connectivity index (χ4n) is 4.10. The smallest absolute Gasteiger partial charge is 0.224 e. The Kier molecular flexibility index (Phi) is 7.72. The van der Waals surface area contributed by atoms with Crippen molar-refractivity contribution < 1.29 is 14.3 Å². The normalized spacial score (nSPS) is 21.6. The average Bonchev–Trinajstić information content (AvgIpc) is 3.26. The monoisotopic (exact) mass is 393 g/mol. The Labute approximate surface area is 165 Å². The first-order valence-corrected chi connectivity index (χ1v) is 10.2. The molecule has 1 atom stereocenters. The van der Waals surface area contributed by atoms with Crippen molar-refractivity contribution in [1.82, 2.24) is 35.3 Å². The van der Waals surface area contributed by atoms with Gasteiger partial charge >= 0.3 is 0 Å². The Morgan fingerprint density at radius 3 is 2.75 bits per heavy atom. The van der Waals surface area contributed by atoms with Gasteiger partial charge in [0.05, 0.1) is 19.1 Å². The maximum Gasteiger partial charge on any atom is 0.224 e. The van der Waals surface area contributed by atoms with Gasteiger partial charge in [-0.1, -0.05) is 0 Å². The van der Waals surface area contributed by atoms with Gasteiger partial charge in [-0.15, -0.1) is 5.10 Å². The Morgan fingerprint density at radius 2 is 2.04 bits per heavy atom. The molecule has 1 aromatic rings. The molecule has 1 N–H and O–H groups in total. The first kappa shape index (κ1) is 20.7. The second-order valence-corrected chi connectivity index (χ2v) is 7.55. The number of hydrogen-bond acceptors (Lipinski definition) is 7. The largest absolute Gasteiger partial charge is 0.383 e. The van der Waals surface area contributed by atoms with Gasteiger partial charge in [-0.2, -0.15) is 0 Å². The van der Waals surface area contributed by atoms with Gasteiger partial charge in [-0.25, -0.2) is 4.68 Å². The van der Waals surface area contributed by atoms with Crippen LogP contribution in [0.5, 0.6) is 0 Å². The summed E-state index contributed by atoms with van der Waals surface area (Å²) >= 11 is 0. The maximum atomic E-state index is 12.4. The molecule has 2 aliphatic rings. The number of methoxy groups -OCH3 is 1. The summed E-state index contributed by atoms with van der Waals surface area (Å²) in [5, 5.41) is 13.9. The molecule has 0 aromatic carbocycles. The number of piperidine rings is 2. The van der Waals surface area contributed by atoms with Gasteiger partial charge < -0.3 is 15.0 Å². The lowest BCUT2D eigenvalue weighted by molar-refractivity contribution is -0.133. The van der Waals surface area contributed by atoms with Crippen LogP contribution >= 0.6 is 0 Å². The summed E-state index contributed by atoms with van der Waals surface area (Å²) in [5.41, 5.74) is 0. The van der Waals surface area contributed by atoms with Crippen molar-refractivity contribution in [2.45, 2.75) is 44.7 Å². The second-order valence-electron chi connectivity index (χ2n) is 7.55. The fourth-order valence-corrected chi connectivity index (χ4v) is 4.10. The number of carbonyl (C=O) groups is 2. The molecule has 0 saturated carbocycles. The number of amides is 2. The van der Waals surface area contributed by atoms with E-state index in [2.05, 4.69) is 25.7 Å². The Morgan fingerprint density at radius 1 is 1.21 bits per heavy atom. The van der Waals surface area contributed by atoms with E-state index in [0.717, 1.165) is 51.9 Å². The van der Waals surface area contributed by atoms with Crippen molar-refractivity contribution >= 4 is 11.8 Å². The molecule has 0 aliphatic carbocycles. The summed E-state index contributed by atoms with van der Waals surface area (Å²) in [6, 6.07) is 0.457. The minimum absolute atomic E-state index is 0.0570. The summed E-state index contributed by atoms with van der Waals surface area (Å²) in [4.78, 5) is 29.2. The molecule has 2 fully saturated rings. The molecule has 156 valence electrons. The molecule has 0 bridgehead atoms. The van der Waals surface area contributed by atoms with Gasteiger partial charge in [0.15, 0.2) is 0 Å². The van der Waals surface area contributed by atoms with E-state index in [-0.39, 0.29) is 17.7 Å². The SMILES string of the molecule is COCCNC(=O)C1CCCN(C2CCN(C(=O)CCn3cnnn3)CC2)C1. The van der Waals surface area contributed by atoms with E-state index in [1.54, 1.807) is 11.8 Å². The highest BCUT2D eigenvalue weighted by Gasteiger charge is 2.32. The zero-order valence-corrected chi connectivity index (χ0v) is 16.6. The van der Waals surface area contributed by atoms with E-state index < -0.39 is 0 Å². The average molecular weight is 393 g/mol. The first-order chi connectivity index (χ1) is 13.7. The standard InChI is InChI=1S/C18H31N7O3/c1-28-12-7-19-18(27)15-3-2-8-24(13-15)16-4-9-23(10-5-16)17(26)6-11-25-14-20-21-22-25/h14-16H,2-13H2,1H3,(H,19,27). The third kappa shape index (κ3) is 5.71. The van der Waals surface area contributed by atoms with Crippen molar-refractivity contribution in [3.05, 3.63) is 6.33 Å². The summed E-state index contributed by atoms with van der Waals surface area (Å²) in [6.45, 7) is 5.04. The van der Waals surface area contributed by atoms with Crippen molar-refractivity contribution in [3.8, 4) is 0 Å². The quantitative estimate of drug-likeness (QED) is 0.595. The van der Waals surface area contributed by atoms with Crippen LogP contribution in [0, 0.1) is 5.92 Å². The van der Waals surface area contributed by atoms with Crippen LogP contribution in [0.1, 0.15) is 32.1 Å². The molecule has 3 rings (SSSR count). The summed E-state index contributed by atoms with van der Waals surface area (Å²) < 4.78 is 6.57. The van der Waals surface area contributed by atoms with E-state index in [9.17, 15) is 9.59 Å². The number of aromatic nitrogens is 4. The number of likely N-dealkylation sites (tertiary alicyclic amines) is 2. The number of nitrogens with zero attached hydrogens (tertiary/aromatic N) is 6. The third-order valence-corrected chi connectivity index (χ3v) is 5.71. The van der Waals surface area contributed by atoms with Crippen LogP contribution in [-0.2, 0) is 20.9 Å². The van der Waals surface area contributed by atoms with Crippen molar-refractivity contribution in [3.63, 3.8) is 0 Å². The zero-order chi connectivity index (χ0) is 19.8. The molecule has 1 aromatic heterocycles. The predicted octanol–water partition coefficient (Wildman–Crippen LogP) is -0.471. The van der Waals surface area contributed by atoms with Gasteiger partial charge in [-0.05, 0) is 42.7 Å². The van der Waals surface area contributed by atoms with Crippen LogP contribution in [0.25, 0.3) is 0 Å². The highest BCUT2D eigenvalue weighted by molar-refractivity contribution is 5.79. The number of carbonyl (C=O) groups excluding carboxylic acids is 2. The zero-order valence-electron chi connectivity index (χ0n) is 16.6. The Bertz CT molecular complexity index is 617. The van der Waals surface area contributed by atoms with Crippen LogP contribution in [0.3, 0.4) is 0 Å². The molecule has 2 saturated heterocycles. The summed E-state index contributed by atoms with van der Waals surface area (Å²) in [7, 11) is 1.64. The van der Waals surface area contributed by atoms with E-state index in [0.29, 0.717) is 32.2 Å². The van der Waals surface area contributed by atoms with Gasteiger partial charge in [0.25, 0.3) is 0 Å². The number of hydrogen-bond donors (Lipinski definition) is 1. The third-order valence-electron chi connectivity index (χ3n) is 5.71. The topological polar surface area (TPSA) is 105 Å². The van der Waals surface area contributed by atoms with Crippen LogP contribution in [0.4, 0.5) is 0 Å². The minimum atomic E-state index is 0.0570.